The summed E-state index contributed by atoms with van der Waals surface area (Å²) in [4.78, 5) is 11.5. The summed E-state index contributed by atoms with van der Waals surface area (Å²) in [7, 11) is 1.62. The standard InChI is InChI=1S/C14H22N2O2/c1-4-10(5-2)13(14(15)17)16-11-7-6-8-12(9-11)18-3/h6-10,13,16H,4-5H2,1-3H3,(H2,15,17). The Kier molecular flexibility index (Phi) is 5.49. The summed E-state index contributed by atoms with van der Waals surface area (Å²) in [5, 5.41) is 3.20. The zero-order valence-corrected chi connectivity index (χ0v) is 11.3. The maximum atomic E-state index is 11.5. The Morgan fingerprint density at radius 2 is 2.06 bits per heavy atom. The predicted octanol–water partition coefficient (Wildman–Crippen LogP) is 2.40. The Labute approximate surface area is 109 Å². The van der Waals surface area contributed by atoms with Gasteiger partial charge in [0.2, 0.25) is 5.91 Å². The Balaban J connectivity index is 2.85. The zero-order chi connectivity index (χ0) is 13.5. The molecule has 4 nitrogen and oxygen atoms in total. The second-order valence-corrected chi connectivity index (χ2v) is 4.33. The second kappa shape index (κ2) is 6.89. The summed E-state index contributed by atoms with van der Waals surface area (Å²) in [5.74, 6) is 0.688. The van der Waals surface area contributed by atoms with E-state index in [4.69, 9.17) is 10.5 Å². The fourth-order valence-electron chi connectivity index (χ4n) is 2.07. The molecule has 1 amide bonds. The van der Waals surface area contributed by atoms with Crippen LogP contribution in [0.1, 0.15) is 26.7 Å². The van der Waals surface area contributed by atoms with Crippen LogP contribution in [-0.2, 0) is 4.79 Å². The monoisotopic (exact) mass is 250 g/mol. The van der Waals surface area contributed by atoms with Crippen molar-refractivity contribution in [2.75, 3.05) is 12.4 Å². The first kappa shape index (κ1) is 14.4. The van der Waals surface area contributed by atoms with Crippen molar-refractivity contribution < 1.29 is 9.53 Å². The van der Waals surface area contributed by atoms with Crippen LogP contribution in [0.15, 0.2) is 24.3 Å². The van der Waals surface area contributed by atoms with Crippen LogP contribution in [0, 0.1) is 5.92 Å². The van der Waals surface area contributed by atoms with Gasteiger partial charge in [0.1, 0.15) is 11.8 Å². The summed E-state index contributed by atoms with van der Waals surface area (Å²) in [6, 6.07) is 7.17. The number of hydrogen-bond acceptors (Lipinski definition) is 3. The van der Waals surface area contributed by atoms with Crippen molar-refractivity contribution in [3.05, 3.63) is 24.3 Å². The van der Waals surface area contributed by atoms with Crippen molar-refractivity contribution >= 4 is 11.6 Å². The van der Waals surface area contributed by atoms with Crippen molar-refractivity contribution in [2.45, 2.75) is 32.7 Å². The SMILES string of the molecule is CCC(CC)C(Nc1cccc(OC)c1)C(N)=O. The number of nitrogens with two attached hydrogens (primary N) is 1. The van der Waals surface area contributed by atoms with Gasteiger partial charge in [-0.15, -0.1) is 0 Å². The van der Waals surface area contributed by atoms with Gasteiger partial charge < -0.3 is 15.8 Å². The minimum absolute atomic E-state index is 0.244. The molecule has 1 aromatic carbocycles. The van der Waals surface area contributed by atoms with Crippen LogP contribution in [0.2, 0.25) is 0 Å². The van der Waals surface area contributed by atoms with E-state index in [1.807, 2.05) is 24.3 Å². The molecular weight excluding hydrogens is 228 g/mol. The van der Waals surface area contributed by atoms with E-state index in [0.29, 0.717) is 0 Å². The van der Waals surface area contributed by atoms with E-state index < -0.39 is 0 Å². The van der Waals surface area contributed by atoms with Crippen molar-refractivity contribution in [1.29, 1.82) is 0 Å². The number of rotatable bonds is 7. The van der Waals surface area contributed by atoms with E-state index in [9.17, 15) is 4.79 Å². The third-order valence-corrected chi connectivity index (χ3v) is 3.22. The Hall–Kier alpha value is -1.71. The molecule has 0 aliphatic rings. The molecule has 0 fully saturated rings. The van der Waals surface area contributed by atoms with E-state index in [1.165, 1.54) is 0 Å². The van der Waals surface area contributed by atoms with Crippen LogP contribution in [0.4, 0.5) is 5.69 Å². The van der Waals surface area contributed by atoms with Crippen molar-refractivity contribution in [2.24, 2.45) is 11.7 Å². The molecule has 100 valence electrons. The first-order valence-electron chi connectivity index (χ1n) is 6.32. The highest BCUT2D eigenvalue weighted by Gasteiger charge is 2.23. The minimum Gasteiger partial charge on any atom is -0.497 e. The Morgan fingerprint density at radius 1 is 1.39 bits per heavy atom. The predicted molar refractivity (Wildman–Crippen MR) is 73.7 cm³/mol. The minimum atomic E-state index is -0.341. The first-order valence-corrected chi connectivity index (χ1v) is 6.32. The lowest BCUT2D eigenvalue weighted by Gasteiger charge is -2.24. The number of methoxy groups -OCH3 is 1. The number of primary amides is 1. The van der Waals surface area contributed by atoms with Gasteiger partial charge >= 0.3 is 0 Å². The van der Waals surface area contributed by atoms with Crippen LogP contribution < -0.4 is 15.8 Å². The zero-order valence-electron chi connectivity index (χ0n) is 11.3. The molecule has 0 saturated carbocycles. The van der Waals surface area contributed by atoms with Gasteiger partial charge in [0.05, 0.1) is 7.11 Å². The molecule has 1 unspecified atom stereocenters. The number of nitrogens with one attached hydrogen (secondary N) is 1. The highest BCUT2D eigenvalue weighted by atomic mass is 16.5. The molecule has 0 spiro atoms. The highest BCUT2D eigenvalue weighted by Crippen LogP contribution is 2.21. The molecule has 0 bridgehead atoms. The molecule has 0 heterocycles. The number of ether oxygens (including phenoxy) is 1. The maximum Gasteiger partial charge on any atom is 0.240 e. The summed E-state index contributed by atoms with van der Waals surface area (Å²) in [6.45, 7) is 4.13. The largest absolute Gasteiger partial charge is 0.497 e. The molecular formula is C14H22N2O2. The van der Waals surface area contributed by atoms with Crippen LogP contribution >= 0.6 is 0 Å². The molecule has 4 heteroatoms. The Bertz CT molecular complexity index is 389. The number of carbonyl (C=O) groups excluding carboxylic acids is 1. The van der Waals surface area contributed by atoms with Gasteiger partial charge in [0.25, 0.3) is 0 Å². The number of benzene rings is 1. The van der Waals surface area contributed by atoms with Gasteiger partial charge in [-0.3, -0.25) is 4.79 Å². The van der Waals surface area contributed by atoms with Crippen molar-refractivity contribution in [1.82, 2.24) is 0 Å². The van der Waals surface area contributed by atoms with Crippen LogP contribution in [0.5, 0.6) is 5.75 Å². The van der Waals surface area contributed by atoms with E-state index in [-0.39, 0.29) is 17.9 Å². The first-order chi connectivity index (χ1) is 8.62. The molecule has 0 saturated heterocycles. The summed E-state index contributed by atoms with van der Waals surface area (Å²) < 4.78 is 5.15. The topological polar surface area (TPSA) is 64.3 Å². The number of carbonyl (C=O) groups is 1. The van der Waals surface area contributed by atoms with Gasteiger partial charge in [0, 0.05) is 11.8 Å². The lowest BCUT2D eigenvalue weighted by molar-refractivity contribution is -0.119. The van der Waals surface area contributed by atoms with E-state index in [1.54, 1.807) is 7.11 Å². The average Bonchev–Trinajstić information content (AvgIpc) is 2.39. The third kappa shape index (κ3) is 3.65. The summed E-state index contributed by atoms with van der Waals surface area (Å²) in [6.07, 6.45) is 1.84. The van der Waals surface area contributed by atoms with Crippen LogP contribution in [0.3, 0.4) is 0 Å². The average molecular weight is 250 g/mol. The fraction of sp³-hybridized carbons (Fsp3) is 0.500. The molecule has 18 heavy (non-hydrogen) atoms. The van der Waals surface area contributed by atoms with E-state index >= 15 is 0 Å². The molecule has 0 aromatic heterocycles. The van der Waals surface area contributed by atoms with Crippen LogP contribution in [-0.4, -0.2) is 19.1 Å². The molecule has 1 aromatic rings. The van der Waals surface area contributed by atoms with Crippen molar-refractivity contribution in [3.8, 4) is 5.75 Å². The summed E-state index contributed by atoms with van der Waals surface area (Å²) >= 11 is 0. The van der Waals surface area contributed by atoms with Gasteiger partial charge in [-0.2, -0.15) is 0 Å². The normalized spacial score (nSPS) is 12.2. The van der Waals surface area contributed by atoms with Gasteiger partial charge in [-0.1, -0.05) is 32.8 Å². The molecule has 1 atom stereocenters. The number of anilines is 1. The van der Waals surface area contributed by atoms with E-state index in [2.05, 4.69) is 19.2 Å². The van der Waals surface area contributed by atoms with Crippen molar-refractivity contribution in [3.63, 3.8) is 0 Å². The second-order valence-electron chi connectivity index (χ2n) is 4.33. The number of amides is 1. The molecule has 3 N–H and O–H groups in total. The highest BCUT2D eigenvalue weighted by molar-refractivity contribution is 5.83. The quantitative estimate of drug-likeness (QED) is 0.781. The van der Waals surface area contributed by atoms with Gasteiger partial charge in [0.15, 0.2) is 0 Å². The van der Waals surface area contributed by atoms with E-state index in [0.717, 1.165) is 24.3 Å². The lowest BCUT2D eigenvalue weighted by Crippen LogP contribution is -2.41. The van der Waals surface area contributed by atoms with Gasteiger partial charge in [-0.25, -0.2) is 0 Å². The molecule has 0 aliphatic heterocycles. The lowest BCUT2D eigenvalue weighted by atomic mass is 9.93. The molecule has 0 radical (unpaired) electrons. The summed E-state index contributed by atoms with van der Waals surface area (Å²) in [5.41, 5.74) is 6.33. The molecule has 0 aliphatic carbocycles. The van der Waals surface area contributed by atoms with Crippen LogP contribution in [0.25, 0.3) is 0 Å². The van der Waals surface area contributed by atoms with Gasteiger partial charge in [-0.05, 0) is 18.1 Å². The molecule has 1 rings (SSSR count). The number of hydrogen-bond donors (Lipinski definition) is 2. The fourth-order valence-corrected chi connectivity index (χ4v) is 2.07. The maximum absolute atomic E-state index is 11.5. The third-order valence-electron chi connectivity index (χ3n) is 3.22. The smallest absolute Gasteiger partial charge is 0.240 e. The Morgan fingerprint density at radius 3 is 2.56 bits per heavy atom.